The molecule has 0 saturated heterocycles. The summed E-state index contributed by atoms with van der Waals surface area (Å²) in [4.78, 5) is 26.6. The molecule has 7 rings (SSSR count). The predicted octanol–water partition coefficient (Wildman–Crippen LogP) is 4.96. The minimum Gasteiger partial charge on any atom is -0.872 e. The van der Waals surface area contributed by atoms with Gasteiger partial charge in [-0.1, -0.05) is 90.7 Å². The fourth-order valence-electron chi connectivity index (χ4n) is 4.67. The van der Waals surface area contributed by atoms with Gasteiger partial charge in [0, 0.05) is 28.5 Å². The van der Waals surface area contributed by atoms with Gasteiger partial charge in [-0.3, -0.25) is 9.59 Å². The number of ether oxygens (including phenoxy) is 1. The van der Waals surface area contributed by atoms with Crippen LogP contribution in [0.15, 0.2) is 121 Å². The van der Waals surface area contributed by atoms with E-state index in [1.54, 1.807) is 48.5 Å². The van der Waals surface area contributed by atoms with Gasteiger partial charge in [-0.15, -0.1) is 0 Å². The lowest BCUT2D eigenvalue weighted by molar-refractivity contribution is -0.243. The third-order valence-corrected chi connectivity index (χ3v) is 6.41. The Hall–Kier alpha value is -4.90. The molecule has 0 bridgehead atoms. The maximum absolute atomic E-state index is 12.5. The molecular formula is C31H20NO4-. The van der Waals surface area contributed by atoms with Crippen molar-refractivity contribution < 1.29 is 19.4 Å². The SMILES string of the molecule is C1=CC2OC(c3ccccc3)=CN2C=C1.O=C1C=C(C2=C([O-])c3ccccc3C2=O)c2ccccc21. The number of carbonyl (C=O) groups excluding carboxylic acids is 2. The van der Waals surface area contributed by atoms with Crippen molar-refractivity contribution in [3.05, 3.63) is 149 Å². The lowest BCUT2D eigenvalue weighted by Crippen LogP contribution is -2.21. The van der Waals surface area contributed by atoms with Crippen molar-refractivity contribution in [2.45, 2.75) is 6.23 Å². The Morgan fingerprint density at radius 1 is 0.750 bits per heavy atom. The highest BCUT2D eigenvalue weighted by Crippen LogP contribution is 2.40. The van der Waals surface area contributed by atoms with E-state index < -0.39 is 0 Å². The number of fused-ring (bicyclic) bond motifs is 3. The number of nitrogens with zero attached hydrogens (tertiary/aromatic N) is 1. The third kappa shape index (κ3) is 3.58. The van der Waals surface area contributed by atoms with Crippen molar-refractivity contribution in [1.29, 1.82) is 0 Å². The molecule has 5 heteroatoms. The van der Waals surface area contributed by atoms with E-state index in [1.807, 2.05) is 48.8 Å². The third-order valence-electron chi connectivity index (χ3n) is 6.41. The van der Waals surface area contributed by atoms with E-state index in [1.165, 1.54) is 6.08 Å². The summed E-state index contributed by atoms with van der Waals surface area (Å²) in [5, 5.41) is 12.5. The van der Waals surface area contributed by atoms with Gasteiger partial charge in [0.15, 0.2) is 17.8 Å². The zero-order valence-electron chi connectivity index (χ0n) is 19.1. The number of benzene rings is 3. The van der Waals surface area contributed by atoms with E-state index in [2.05, 4.69) is 17.0 Å². The lowest BCUT2D eigenvalue weighted by atomic mass is 9.96. The maximum atomic E-state index is 12.5. The van der Waals surface area contributed by atoms with Gasteiger partial charge in [0.1, 0.15) is 5.76 Å². The van der Waals surface area contributed by atoms with Crippen molar-refractivity contribution in [1.82, 2.24) is 4.90 Å². The van der Waals surface area contributed by atoms with Crippen LogP contribution < -0.4 is 5.11 Å². The van der Waals surface area contributed by atoms with Crippen molar-refractivity contribution in [2.24, 2.45) is 0 Å². The summed E-state index contributed by atoms with van der Waals surface area (Å²) in [7, 11) is 0. The summed E-state index contributed by atoms with van der Waals surface area (Å²) in [5.41, 5.74) is 3.69. The summed E-state index contributed by atoms with van der Waals surface area (Å²) in [6.07, 6.45) is 11.5. The summed E-state index contributed by atoms with van der Waals surface area (Å²) in [6.45, 7) is 0. The van der Waals surface area contributed by atoms with Crippen LogP contribution in [-0.2, 0) is 4.74 Å². The molecule has 36 heavy (non-hydrogen) atoms. The smallest absolute Gasteiger partial charge is 0.195 e. The summed E-state index contributed by atoms with van der Waals surface area (Å²) < 4.78 is 5.80. The fourth-order valence-corrected chi connectivity index (χ4v) is 4.67. The van der Waals surface area contributed by atoms with Crippen LogP contribution >= 0.6 is 0 Å². The summed E-state index contributed by atoms with van der Waals surface area (Å²) in [6, 6.07) is 23.9. The van der Waals surface area contributed by atoms with E-state index in [0.29, 0.717) is 27.8 Å². The Morgan fingerprint density at radius 3 is 2.14 bits per heavy atom. The molecule has 3 aromatic carbocycles. The molecule has 0 fully saturated rings. The van der Waals surface area contributed by atoms with Gasteiger partial charge in [-0.2, -0.15) is 0 Å². The molecule has 0 N–H and O–H groups in total. The molecule has 2 aliphatic carbocycles. The molecular weight excluding hydrogens is 450 g/mol. The minimum absolute atomic E-state index is 0.0326. The molecule has 174 valence electrons. The average molecular weight is 471 g/mol. The van der Waals surface area contributed by atoms with Crippen LogP contribution in [0.25, 0.3) is 17.1 Å². The van der Waals surface area contributed by atoms with E-state index in [-0.39, 0.29) is 29.1 Å². The highest BCUT2D eigenvalue weighted by Gasteiger charge is 2.32. The molecule has 4 aliphatic rings. The normalized spacial score (nSPS) is 18.7. The molecule has 0 spiro atoms. The highest BCUT2D eigenvalue weighted by molar-refractivity contribution is 6.32. The van der Waals surface area contributed by atoms with Crippen LogP contribution in [0.3, 0.4) is 0 Å². The molecule has 0 amide bonds. The molecule has 2 aliphatic heterocycles. The topological polar surface area (TPSA) is 69.7 Å². The van der Waals surface area contributed by atoms with Crippen molar-refractivity contribution >= 4 is 28.7 Å². The van der Waals surface area contributed by atoms with Gasteiger partial charge >= 0.3 is 0 Å². The van der Waals surface area contributed by atoms with Crippen molar-refractivity contribution in [3.8, 4) is 0 Å². The van der Waals surface area contributed by atoms with Crippen LogP contribution in [0.2, 0.25) is 0 Å². The van der Waals surface area contributed by atoms with Gasteiger partial charge < -0.3 is 14.7 Å². The molecule has 3 aromatic rings. The number of carbonyl (C=O) groups is 2. The van der Waals surface area contributed by atoms with Crippen LogP contribution in [0.4, 0.5) is 0 Å². The van der Waals surface area contributed by atoms with Gasteiger partial charge in [0.25, 0.3) is 0 Å². The second-order valence-corrected chi connectivity index (χ2v) is 8.59. The Kier molecular flexibility index (Phi) is 5.23. The monoisotopic (exact) mass is 470 g/mol. The Labute approximate surface area is 208 Å². The van der Waals surface area contributed by atoms with Gasteiger partial charge in [-0.25, -0.2) is 0 Å². The molecule has 0 aromatic heterocycles. The molecule has 1 unspecified atom stereocenters. The first-order valence-corrected chi connectivity index (χ1v) is 11.6. The molecule has 5 nitrogen and oxygen atoms in total. The number of ketones is 2. The van der Waals surface area contributed by atoms with Gasteiger partial charge in [0.2, 0.25) is 0 Å². The van der Waals surface area contributed by atoms with E-state index in [9.17, 15) is 14.7 Å². The lowest BCUT2D eigenvalue weighted by Gasteiger charge is -2.19. The molecule has 0 saturated carbocycles. The predicted molar refractivity (Wildman–Crippen MR) is 136 cm³/mol. The quantitative estimate of drug-likeness (QED) is 0.530. The molecule has 1 atom stereocenters. The van der Waals surface area contributed by atoms with Crippen LogP contribution in [-0.4, -0.2) is 22.7 Å². The Morgan fingerprint density at radius 2 is 1.42 bits per heavy atom. The van der Waals surface area contributed by atoms with Crippen LogP contribution in [0.1, 0.15) is 37.4 Å². The largest absolute Gasteiger partial charge is 0.872 e. The minimum atomic E-state index is -0.300. The second-order valence-electron chi connectivity index (χ2n) is 8.59. The highest BCUT2D eigenvalue weighted by atomic mass is 16.5. The number of rotatable bonds is 2. The first-order chi connectivity index (χ1) is 17.6. The zero-order chi connectivity index (χ0) is 24.6. The fraction of sp³-hybridized carbons (Fsp3) is 0.0323. The number of hydrogen-bond acceptors (Lipinski definition) is 5. The average Bonchev–Trinajstić information content (AvgIpc) is 3.58. The zero-order valence-corrected chi connectivity index (χ0v) is 19.1. The molecule has 2 heterocycles. The summed E-state index contributed by atoms with van der Waals surface area (Å²) in [5.74, 6) is 0.166. The summed E-state index contributed by atoms with van der Waals surface area (Å²) >= 11 is 0. The number of allylic oxidation sites excluding steroid dienone is 5. The molecule has 0 radical (unpaired) electrons. The first kappa shape index (κ1) is 21.6. The Bertz CT molecular complexity index is 1560. The van der Waals surface area contributed by atoms with Gasteiger partial charge in [-0.05, 0) is 34.9 Å². The number of hydrogen-bond donors (Lipinski definition) is 0. The van der Waals surface area contributed by atoms with E-state index in [0.717, 1.165) is 11.3 Å². The van der Waals surface area contributed by atoms with E-state index >= 15 is 0 Å². The maximum Gasteiger partial charge on any atom is 0.195 e. The van der Waals surface area contributed by atoms with Gasteiger partial charge in [0.05, 0.1) is 6.20 Å². The van der Waals surface area contributed by atoms with Crippen LogP contribution in [0.5, 0.6) is 0 Å². The standard InChI is InChI=1S/C18H10O3.C13H11NO/c19-15-9-14(10-5-1-2-6-11(10)15)16-17(20)12-7-3-4-8-13(12)18(16)21;1-2-6-11(7-3-1)12-10-14-9-5-4-8-13(14)15-12/h1-9,20H;1-10,13H/p-1. The Balaban J connectivity index is 0.000000141. The van der Waals surface area contributed by atoms with Crippen molar-refractivity contribution in [3.63, 3.8) is 0 Å². The van der Waals surface area contributed by atoms with Crippen LogP contribution in [0, 0.1) is 0 Å². The van der Waals surface area contributed by atoms with E-state index in [4.69, 9.17) is 4.74 Å². The first-order valence-electron chi connectivity index (χ1n) is 11.6. The van der Waals surface area contributed by atoms with Crippen molar-refractivity contribution in [2.75, 3.05) is 0 Å². The number of Topliss-reactive ketones (excluding diaryl/α,β-unsaturated/α-hetero) is 1. The second kappa shape index (κ2) is 8.71.